The molecule has 0 aromatic carbocycles. The Labute approximate surface area is 124 Å². The number of nitrogens with zero attached hydrogens (tertiary/aromatic N) is 3. The van der Waals surface area contributed by atoms with E-state index >= 15 is 0 Å². The van der Waals surface area contributed by atoms with Crippen molar-refractivity contribution in [2.45, 2.75) is 6.54 Å². The summed E-state index contributed by atoms with van der Waals surface area (Å²) in [6.45, 7) is 5.46. The van der Waals surface area contributed by atoms with Crippen LogP contribution >= 0.6 is 11.3 Å². The van der Waals surface area contributed by atoms with E-state index in [4.69, 9.17) is 5.11 Å². The van der Waals surface area contributed by atoms with E-state index in [0.29, 0.717) is 13.1 Å². The molecule has 1 aromatic heterocycles. The molecule has 0 spiro atoms. The van der Waals surface area contributed by atoms with Crippen molar-refractivity contribution in [1.29, 1.82) is 0 Å². The monoisotopic (exact) mass is 297 g/mol. The van der Waals surface area contributed by atoms with Gasteiger partial charge in [-0.1, -0.05) is 6.07 Å². The Morgan fingerprint density at radius 1 is 1.40 bits per heavy atom. The number of amides is 1. The standard InChI is InChI=1S/C14H23N3O2S/c1-15(11-13-3-2-10-20-13)12-14(19)17-6-4-16(5-7-17)8-9-18/h2-3,10,18H,4-9,11-12H2,1H3. The molecular weight excluding hydrogens is 274 g/mol. The summed E-state index contributed by atoms with van der Waals surface area (Å²) >= 11 is 1.72. The van der Waals surface area contributed by atoms with Crippen molar-refractivity contribution in [3.05, 3.63) is 22.4 Å². The fourth-order valence-electron chi connectivity index (χ4n) is 2.42. The minimum atomic E-state index is 0.192. The Morgan fingerprint density at radius 3 is 2.75 bits per heavy atom. The van der Waals surface area contributed by atoms with Gasteiger partial charge in [0.25, 0.3) is 0 Å². The van der Waals surface area contributed by atoms with E-state index in [-0.39, 0.29) is 12.5 Å². The molecule has 2 heterocycles. The lowest BCUT2D eigenvalue weighted by molar-refractivity contribution is -0.134. The van der Waals surface area contributed by atoms with E-state index in [1.54, 1.807) is 11.3 Å². The Hall–Kier alpha value is -0.950. The molecule has 1 aliphatic rings. The van der Waals surface area contributed by atoms with Gasteiger partial charge in [0.2, 0.25) is 5.91 Å². The molecule has 0 aliphatic carbocycles. The molecule has 1 fully saturated rings. The Balaban J connectivity index is 1.72. The first-order valence-corrected chi connectivity index (χ1v) is 7.89. The van der Waals surface area contributed by atoms with Gasteiger partial charge in [0.05, 0.1) is 13.2 Å². The van der Waals surface area contributed by atoms with Gasteiger partial charge in [-0.3, -0.25) is 14.6 Å². The summed E-state index contributed by atoms with van der Waals surface area (Å²) in [6.07, 6.45) is 0. The average molecular weight is 297 g/mol. The second-order valence-electron chi connectivity index (χ2n) is 5.20. The van der Waals surface area contributed by atoms with Crippen LogP contribution in [0.15, 0.2) is 17.5 Å². The lowest BCUT2D eigenvalue weighted by Gasteiger charge is -2.35. The molecule has 0 bridgehead atoms. The summed E-state index contributed by atoms with van der Waals surface area (Å²) < 4.78 is 0. The summed E-state index contributed by atoms with van der Waals surface area (Å²) in [5.41, 5.74) is 0. The largest absolute Gasteiger partial charge is 0.395 e. The maximum atomic E-state index is 12.2. The van der Waals surface area contributed by atoms with E-state index in [9.17, 15) is 4.79 Å². The molecule has 6 heteroatoms. The van der Waals surface area contributed by atoms with Crippen molar-refractivity contribution in [1.82, 2.24) is 14.7 Å². The van der Waals surface area contributed by atoms with Crippen LogP contribution in [0.2, 0.25) is 0 Å². The summed E-state index contributed by atoms with van der Waals surface area (Å²) in [5, 5.41) is 11.0. The lowest BCUT2D eigenvalue weighted by atomic mass is 10.3. The van der Waals surface area contributed by atoms with E-state index < -0.39 is 0 Å². The highest BCUT2D eigenvalue weighted by Crippen LogP contribution is 2.11. The Morgan fingerprint density at radius 2 is 2.15 bits per heavy atom. The zero-order valence-corrected chi connectivity index (χ0v) is 12.8. The number of carbonyl (C=O) groups is 1. The van der Waals surface area contributed by atoms with Crippen molar-refractivity contribution in [2.75, 3.05) is 52.9 Å². The molecule has 0 radical (unpaired) electrons. The van der Waals surface area contributed by atoms with Gasteiger partial charge in [-0.25, -0.2) is 0 Å². The van der Waals surface area contributed by atoms with Crippen molar-refractivity contribution in [2.24, 2.45) is 0 Å². The predicted octanol–water partition coefficient (Wildman–Crippen LogP) is 0.316. The number of carbonyl (C=O) groups excluding carboxylic acids is 1. The third-order valence-corrected chi connectivity index (χ3v) is 4.41. The molecule has 112 valence electrons. The van der Waals surface area contributed by atoms with Crippen LogP contribution in [0, 0.1) is 0 Å². The van der Waals surface area contributed by atoms with Gasteiger partial charge in [0.1, 0.15) is 0 Å². The van der Waals surface area contributed by atoms with E-state index in [0.717, 1.165) is 32.7 Å². The van der Waals surface area contributed by atoms with E-state index in [2.05, 4.69) is 21.2 Å². The fraction of sp³-hybridized carbons (Fsp3) is 0.643. The van der Waals surface area contributed by atoms with Crippen LogP contribution in [0.25, 0.3) is 0 Å². The zero-order chi connectivity index (χ0) is 14.4. The average Bonchev–Trinajstić information content (AvgIpc) is 2.92. The maximum absolute atomic E-state index is 12.2. The minimum absolute atomic E-state index is 0.192. The molecule has 0 unspecified atom stereocenters. The number of rotatable bonds is 6. The molecule has 1 amide bonds. The van der Waals surface area contributed by atoms with Gasteiger partial charge in [-0.15, -0.1) is 11.3 Å². The summed E-state index contributed by atoms with van der Waals surface area (Å²) in [6, 6.07) is 4.13. The molecule has 1 aromatic rings. The molecule has 1 aliphatic heterocycles. The van der Waals surface area contributed by atoms with Crippen molar-refractivity contribution >= 4 is 17.2 Å². The second kappa shape index (κ2) is 7.73. The molecule has 2 rings (SSSR count). The number of likely N-dealkylation sites (N-methyl/N-ethyl adjacent to an activating group) is 1. The molecule has 1 N–H and O–H groups in total. The van der Waals surface area contributed by atoms with Gasteiger partial charge in [0.15, 0.2) is 0 Å². The first-order chi connectivity index (χ1) is 9.69. The van der Waals surface area contributed by atoms with Gasteiger partial charge in [-0.05, 0) is 18.5 Å². The quantitative estimate of drug-likeness (QED) is 0.821. The third kappa shape index (κ3) is 4.56. The maximum Gasteiger partial charge on any atom is 0.236 e. The number of piperazine rings is 1. The number of hydrogen-bond donors (Lipinski definition) is 1. The number of thiophene rings is 1. The summed E-state index contributed by atoms with van der Waals surface area (Å²) in [7, 11) is 1.99. The highest BCUT2D eigenvalue weighted by atomic mass is 32.1. The van der Waals surface area contributed by atoms with E-state index in [1.807, 2.05) is 18.0 Å². The second-order valence-corrected chi connectivity index (χ2v) is 6.23. The van der Waals surface area contributed by atoms with Crippen LogP contribution in [0.3, 0.4) is 0 Å². The number of aliphatic hydroxyl groups excluding tert-OH is 1. The minimum Gasteiger partial charge on any atom is -0.395 e. The number of β-amino-alcohol motifs (C(OH)–C–C–N with tert-alkyl or cyclic N) is 1. The van der Waals surface area contributed by atoms with Crippen LogP contribution < -0.4 is 0 Å². The summed E-state index contributed by atoms with van der Waals surface area (Å²) in [4.78, 5) is 19.7. The third-order valence-electron chi connectivity index (χ3n) is 3.55. The smallest absolute Gasteiger partial charge is 0.236 e. The highest BCUT2D eigenvalue weighted by molar-refractivity contribution is 7.09. The molecule has 20 heavy (non-hydrogen) atoms. The number of hydrogen-bond acceptors (Lipinski definition) is 5. The zero-order valence-electron chi connectivity index (χ0n) is 12.0. The van der Waals surface area contributed by atoms with Crippen molar-refractivity contribution in [3.8, 4) is 0 Å². The Bertz CT molecular complexity index is 403. The van der Waals surface area contributed by atoms with Gasteiger partial charge < -0.3 is 10.0 Å². The van der Waals surface area contributed by atoms with Crippen LogP contribution in [0.5, 0.6) is 0 Å². The first kappa shape index (κ1) is 15.4. The van der Waals surface area contributed by atoms with Crippen LogP contribution in [-0.2, 0) is 11.3 Å². The van der Waals surface area contributed by atoms with Gasteiger partial charge >= 0.3 is 0 Å². The normalized spacial score (nSPS) is 16.9. The molecular formula is C14H23N3O2S. The lowest BCUT2D eigenvalue weighted by Crippen LogP contribution is -2.51. The number of aliphatic hydroxyl groups is 1. The van der Waals surface area contributed by atoms with Crippen LogP contribution in [0.4, 0.5) is 0 Å². The molecule has 1 saturated heterocycles. The summed E-state index contributed by atoms with van der Waals surface area (Å²) in [5.74, 6) is 0.202. The van der Waals surface area contributed by atoms with E-state index in [1.165, 1.54) is 4.88 Å². The topological polar surface area (TPSA) is 47.0 Å². The van der Waals surface area contributed by atoms with Crippen LogP contribution in [-0.4, -0.2) is 78.6 Å². The van der Waals surface area contributed by atoms with Crippen LogP contribution in [0.1, 0.15) is 4.88 Å². The van der Waals surface area contributed by atoms with Crippen molar-refractivity contribution in [3.63, 3.8) is 0 Å². The SMILES string of the molecule is CN(CC(=O)N1CCN(CCO)CC1)Cc1cccs1. The molecule has 0 atom stereocenters. The van der Waals surface area contributed by atoms with Gasteiger partial charge in [-0.2, -0.15) is 0 Å². The fourth-order valence-corrected chi connectivity index (χ4v) is 3.20. The highest BCUT2D eigenvalue weighted by Gasteiger charge is 2.21. The Kier molecular flexibility index (Phi) is 5.97. The first-order valence-electron chi connectivity index (χ1n) is 7.01. The molecule has 5 nitrogen and oxygen atoms in total. The molecule has 0 saturated carbocycles. The van der Waals surface area contributed by atoms with Gasteiger partial charge in [0, 0.05) is 44.1 Å². The van der Waals surface area contributed by atoms with Crippen molar-refractivity contribution < 1.29 is 9.90 Å². The predicted molar refractivity (Wildman–Crippen MR) is 80.8 cm³/mol.